The van der Waals surface area contributed by atoms with Gasteiger partial charge in [-0.2, -0.15) is 5.10 Å². The quantitative estimate of drug-likeness (QED) is 0.831. The Bertz CT molecular complexity index is 472. The molecule has 0 saturated carbocycles. The number of hydrogen-bond donors (Lipinski definition) is 2. The SMILES string of the molecule is CNCc1nc(-c2ccc(N(C)C)cc2)n[nH]1. The normalized spacial score (nSPS) is 10.5. The summed E-state index contributed by atoms with van der Waals surface area (Å²) < 4.78 is 0. The Morgan fingerprint density at radius 1 is 1.24 bits per heavy atom. The van der Waals surface area contributed by atoms with Gasteiger partial charge in [0.1, 0.15) is 5.82 Å². The zero-order chi connectivity index (χ0) is 12.3. The minimum atomic E-state index is 0.697. The van der Waals surface area contributed by atoms with E-state index in [9.17, 15) is 0 Å². The van der Waals surface area contributed by atoms with Crippen molar-refractivity contribution < 1.29 is 0 Å². The molecule has 0 saturated heterocycles. The zero-order valence-electron chi connectivity index (χ0n) is 10.4. The van der Waals surface area contributed by atoms with Crippen molar-refractivity contribution in [2.24, 2.45) is 0 Å². The van der Waals surface area contributed by atoms with E-state index in [0.29, 0.717) is 6.54 Å². The topological polar surface area (TPSA) is 56.8 Å². The molecule has 0 radical (unpaired) electrons. The van der Waals surface area contributed by atoms with Crippen LogP contribution in [0.3, 0.4) is 0 Å². The molecule has 0 aliphatic rings. The van der Waals surface area contributed by atoms with Crippen LogP contribution in [0.1, 0.15) is 5.82 Å². The maximum absolute atomic E-state index is 4.40. The Labute approximate surface area is 101 Å². The number of aromatic nitrogens is 3. The van der Waals surface area contributed by atoms with Crippen LogP contribution in [-0.4, -0.2) is 36.3 Å². The van der Waals surface area contributed by atoms with Gasteiger partial charge in [-0.15, -0.1) is 0 Å². The molecule has 5 heteroatoms. The Morgan fingerprint density at radius 2 is 1.94 bits per heavy atom. The smallest absolute Gasteiger partial charge is 0.181 e. The second-order valence-electron chi connectivity index (χ2n) is 4.08. The summed E-state index contributed by atoms with van der Waals surface area (Å²) in [6.07, 6.45) is 0. The van der Waals surface area contributed by atoms with Gasteiger partial charge >= 0.3 is 0 Å². The Balaban J connectivity index is 2.21. The maximum atomic E-state index is 4.40. The van der Waals surface area contributed by atoms with Crippen molar-refractivity contribution in [2.75, 3.05) is 26.0 Å². The molecule has 2 N–H and O–H groups in total. The summed E-state index contributed by atoms with van der Waals surface area (Å²) in [7, 11) is 5.92. The molecule has 0 atom stereocenters. The van der Waals surface area contributed by atoms with E-state index in [1.54, 1.807) is 0 Å². The van der Waals surface area contributed by atoms with E-state index in [1.807, 2.05) is 33.3 Å². The van der Waals surface area contributed by atoms with E-state index in [1.165, 1.54) is 5.69 Å². The molecule has 1 aromatic carbocycles. The average Bonchev–Trinajstić information content (AvgIpc) is 2.78. The predicted molar refractivity (Wildman–Crippen MR) is 68.9 cm³/mol. The first-order valence-electron chi connectivity index (χ1n) is 5.54. The van der Waals surface area contributed by atoms with Crippen molar-refractivity contribution >= 4 is 5.69 Å². The second-order valence-corrected chi connectivity index (χ2v) is 4.08. The van der Waals surface area contributed by atoms with Crippen molar-refractivity contribution in [1.82, 2.24) is 20.5 Å². The third-order valence-electron chi connectivity index (χ3n) is 2.52. The van der Waals surface area contributed by atoms with Gasteiger partial charge in [0.15, 0.2) is 5.82 Å². The number of nitrogens with one attached hydrogen (secondary N) is 2. The summed E-state index contributed by atoms with van der Waals surface area (Å²) in [6, 6.07) is 8.18. The van der Waals surface area contributed by atoms with E-state index >= 15 is 0 Å². The van der Waals surface area contributed by atoms with Crippen LogP contribution in [0.25, 0.3) is 11.4 Å². The van der Waals surface area contributed by atoms with Crippen LogP contribution in [-0.2, 0) is 6.54 Å². The predicted octanol–water partition coefficient (Wildman–Crippen LogP) is 1.26. The minimum absolute atomic E-state index is 0.697. The molecule has 1 aromatic heterocycles. The van der Waals surface area contributed by atoms with Crippen molar-refractivity contribution in [3.63, 3.8) is 0 Å². The molecular formula is C12H17N5. The molecule has 5 nitrogen and oxygen atoms in total. The van der Waals surface area contributed by atoms with E-state index in [2.05, 4.69) is 37.5 Å². The van der Waals surface area contributed by atoms with Gasteiger partial charge in [-0.25, -0.2) is 4.98 Å². The molecular weight excluding hydrogens is 214 g/mol. The van der Waals surface area contributed by atoms with Gasteiger partial charge in [0.05, 0.1) is 6.54 Å². The van der Waals surface area contributed by atoms with Crippen molar-refractivity contribution in [3.8, 4) is 11.4 Å². The molecule has 0 aliphatic heterocycles. The fourth-order valence-corrected chi connectivity index (χ4v) is 1.58. The standard InChI is InChI=1S/C12H17N5/c1-13-8-11-14-12(16-15-11)9-4-6-10(7-5-9)17(2)3/h4-7,13H,8H2,1-3H3,(H,14,15,16). The van der Waals surface area contributed by atoms with Gasteiger partial charge in [-0.05, 0) is 31.3 Å². The number of aromatic amines is 1. The first kappa shape index (κ1) is 11.6. The first-order valence-corrected chi connectivity index (χ1v) is 5.54. The number of nitrogens with zero attached hydrogens (tertiary/aromatic N) is 3. The molecule has 1 heterocycles. The minimum Gasteiger partial charge on any atom is -0.378 e. The summed E-state index contributed by atoms with van der Waals surface area (Å²) in [6.45, 7) is 0.697. The average molecular weight is 231 g/mol. The Kier molecular flexibility index (Phi) is 3.39. The highest BCUT2D eigenvalue weighted by Crippen LogP contribution is 2.19. The van der Waals surface area contributed by atoms with Crippen LogP contribution in [0.5, 0.6) is 0 Å². The van der Waals surface area contributed by atoms with Crippen LogP contribution in [0.15, 0.2) is 24.3 Å². The van der Waals surface area contributed by atoms with E-state index < -0.39 is 0 Å². The van der Waals surface area contributed by atoms with E-state index in [4.69, 9.17) is 0 Å². The highest BCUT2D eigenvalue weighted by Gasteiger charge is 2.05. The van der Waals surface area contributed by atoms with Crippen LogP contribution in [0.2, 0.25) is 0 Å². The monoisotopic (exact) mass is 231 g/mol. The van der Waals surface area contributed by atoms with Gasteiger partial charge in [0, 0.05) is 25.3 Å². The highest BCUT2D eigenvalue weighted by molar-refractivity contribution is 5.59. The maximum Gasteiger partial charge on any atom is 0.181 e. The van der Waals surface area contributed by atoms with Crippen molar-refractivity contribution in [2.45, 2.75) is 6.54 Å². The Morgan fingerprint density at radius 3 is 2.53 bits per heavy atom. The van der Waals surface area contributed by atoms with Crippen molar-refractivity contribution in [1.29, 1.82) is 0 Å². The highest BCUT2D eigenvalue weighted by atomic mass is 15.2. The summed E-state index contributed by atoms with van der Waals surface area (Å²) >= 11 is 0. The van der Waals surface area contributed by atoms with Gasteiger partial charge in [0.25, 0.3) is 0 Å². The van der Waals surface area contributed by atoms with Gasteiger partial charge in [-0.3, -0.25) is 5.10 Å². The lowest BCUT2D eigenvalue weighted by Crippen LogP contribution is -2.08. The lowest BCUT2D eigenvalue weighted by Gasteiger charge is -2.11. The molecule has 90 valence electrons. The van der Waals surface area contributed by atoms with Crippen molar-refractivity contribution in [3.05, 3.63) is 30.1 Å². The third kappa shape index (κ3) is 2.62. The molecule has 0 unspecified atom stereocenters. The first-order chi connectivity index (χ1) is 8.20. The molecule has 2 rings (SSSR count). The molecule has 0 amide bonds. The lowest BCUT2D eigenvalue weighted by atomic mass is 10.2. The van der Waals surface area contributed by atoms with Gasteiger partial charge in [0.2, 0.25) is 0 Å². The molecule has 0 aliphatic carbocycles. The van der Waals surface area contributed by atoms with E-state index in [-0.39, 0.29) is 0 Å². The van der Waals surface area contributed by atoms with Gasteiger partial charge in [-0.1, -0.05) is 0 Å². The number of anilines is 1. The molecule has 0 bridgehead atoms. The van der Waals surface area contributed by atoms with Crippen LogP contribution in [0, 0.1) is 0 Å². The lowest BCUT2D eigenvalue weighted by molar-refractivity contribution is 0.763. The van der Waals surface area contributed by atoms with Gasteiger partial charge < -0.3 is 10.2 Å². The molecule has 0 spiro atoms. The zero-order valence-corrected chi connectivity index (χ0v) is 10.4. The molecule has 0 fully saturated rings. The largest absolute Gasteiger partial charge is 0.378 e. The number of benzene rings is 1. The fraction of sp³-hybridized carbons (Fsp3) is 0.333. The van der Waals surface area contributed by atoms with Crippen LogP contribution >= 0.6 is 0 Å². The Hall–Kier alpha value is -1.88. The van der Waals surface area contributed by atoms with Crippen LogP contribution < -0.4 is 10.2 Å². The number of rotatable bonds is 4. The second kappa shape index (κ2) is 4.97. The summed E-state index contributed by atoms with van der Waals surface area (Å²) in [5.74, 6) is 1.58. The molecule has 17 heavy (non-hydrogen) atoms. The molecule has 2 aromatic rings. The number of H-pyrrole nitrogens is 1. The summed E-state index contributed by atoms with van der Waals surface area (Å²) in [5, 5.41) is 10.1. The number of hydrogen-bond acceptors (Lipinski definition) is 4. The van der Waals surface area contributed by atoms with Crippen LogP contribution in [0.4, 0.5) is 5.69 Å². The summed E-state index contributed by atoms with van der Waals surface area (Å²) in [4.78, 5) is 6.47. The third-order valence-corrected chi connectivity index (χ3v) is 2.52. The fourth-order valence-electron chi connectivity index (χ4n) is 1.58. The van der Waals surface area contributed by atoms with E-state index in [0.717, 1.165) is 17.2 Å². The summed E-state index contributed by atoms with van der Waals surface area (Å²) in [5.41, 5.74) is 2.19.